The van der Waals surface area contributed by atoms with Crippen molar-refractivity contribution in [2.24, 2.45) is 0 Å². The molecule has 0 rings (SSSR count). The summed E-state index contributed by atoms with van der Waals surface area (Å²) in [6, 6.07) is 0. The number of rotatable bonds is 3. The number of hydrogen-bond donors (Lipinski definition) is 1. The predicted molar refractivity (Wildman–Crippen MR) is 32.2 cm³/mol. The maximum Gasteiger partial charge on any atom is 1.00 e. The molecule has 6 heteroatoms. The van der Waals surface area contributed by atoms with Crippen molar-refractivity contribution < 1.29 is 54.1 Å². The van der Waals surface area contributed by atoms with E-state index in [-0.39, 0.29) is 29.6 Å². The van der Waals surface area contributed by atoms with Gasteiger partial charge in [-0.3, -0.25) is 0 Å². The summed E-state index contributed by atoms with van der Waals surface area (Å²) in [5.41, 5.74) is 0. The van der Waals surface area contributed by atoms with Crippen molar-refractivity contribution in [3.63, 3.8) is 0 Å². The van der Waals surface area contributed by atoms with Crippen molar-refractivity contribution in [3.8, 4) is 0 Å². The molecule has 0 aliphatic heterocycles. The van der Waals surface area contributed by atoms with Crippen LogP contribution >= 0.6 is 0 Å². The Labute approximate surface area is 92.0 Å². The van der Waals surface area contributed by atoms with Gasteiger partial charge in [-0.1, -0.05) is 0 Å². The molecule has 0 radical (unpaired) electrons. The number of hydrogen-bond acceptors (Lipinski definition) is 5. The molecule has 1 N–H and O–H groups in total. The van der Waals surface area contributed by atoms with Crippen LogP contribution in [0.1, 0.15) is 13.8 Å². The van der Waals surface area contributed by atoms with Crippen LogP contribution in [0.2, 0.25) is 0 Å². The number of aliphatic carboxylic acids is 1. The van der Waals surface area contributed by atoms with Gasteiger partial charge < -0.3 is 19.7 Å². The van der Waals surface area contributed by atoms with E-state index in [0.29, 0.717) is 0 Å². The Morgan fingerprint density at radius 2 is 1.83 bits per heavy atom. The number of carboxylic acid groups (broad SMARTS) is 1. The van der Waals surface area contributed by atoms with E-state index in [1.54, 1.807) is 0 Å². The Morgan fingerprint density at radius 3 is 2.08 bits per heavy atom. The van der Waals surface area contributed by atoms with Crippen molar-refractivity contribution in [1.82, 2.24) is 0 Å². The molecule has 0 heterocycles. The number of aliphatic hydroxyl groups is 1. The first kappa shape index (κ1) is 14.4. The van der Waals surface area contributed by atoms with Crippen LogP contribution < -0.4 is 34.7 Å². The van der Waals surface area contributed by atoms with Gasteiger partial charge in [0.2, 0.25) is 0 Å². The number of carbonyl (C=O) groups excluding carboxylic acids is 2. The average Bonchev–Trinajstić information content (AvgIpc) is 1.87. The third-order valence-corrected chi connectivity index (χ3v) is 0.966. The van der Waals surface area contributed by atoms with Crippen molar-refractivity contribution in [2.45, 2.75) is 26.1 Å². The van der Waals surface area contributed by atoms with Gasteiger partial charge in [0, 0.05) is 0 Å². The molecule has 0 aromatic rings. The first-order chi connectivity index (χ1) is 4.95. The molecule has 0 fully saturated rings. The van der Waals surface area contributed by atoms with Gasteiger partial charge in [0.05, 0.1) is 5.97 Å². The zero-order chi connectivity index (χ0) is 9.02. The molecule has 0 saturated heterocycles. The van der Waals surface area contributed by atoms with E-state index in [2.05, 4.69) is 4.74 Å². The van der Waals surface area contributed by atoms with Crippen molar-refractivity contribution >= 4 is 11.9 Å². The van der Waals surface area contributed by atoms with Gasteiger partial charge >= 0.3 is 35.5 Å². The number of aliphatic hydroxyl groups excluding tert-OH is 1. The summed E-state index contributed by atoms with van der Waals surface area (Å²) in [7, 11) is 0. The van der Waals surface area contributed by atoms with Crippen molar-refractivity contribution in [2.75, 3.05) is 0 Å². The van der Waals surface area contributed by atoms with Crippen LogP contribution in [-0.2, 0) is 14.3 Å². The Bertz CT molecular complexity index is 167. The largest absolute Gasteiger partial charge is 1.00 e. The number of carbonyl (C=O) groups is 2. The summed E-state index contributed by atoms with van der Waals surface area (Å²) in [6.07, 6.45) is -2.63. The van der Waals surface area contributed by atoms with E-state index in [1.165, 1.54) is 6.92 Å². The van der Waals surface area contributed by atoms with Crippen LogP contribution in [0.4, 0.5) is 0 Å². The molecule has 0 aromatic heterocycles. The molecule has 2 atom stereocenters. The molecule has 0 aromatic carbocycles. The third kappa shape index (κ3) is 5.54. The normalized spacial score (nSPS) is 13.9. The predicted octanol–water partition coefficient (Wildman–Crippen LogP) is -4.95. The molecule has 0 aliphatic carbocycles. The number of carboxylic acids is 1. The fourth-order valence-corrected chi connectivity index (χ4v) is 0.321. The standard InChI is InChI=1S/C6H10O5.Na/c1-3(7)6(10)11-4(2)5(8)9;/h3-4,7H,1-2H3,(H,8,9);/q;+1/p-1. The second-order valence-electron chi connectivity index (χ2n) is 2.07. The van der Waals surface area contributed by atoms with Crippen LogP contribution in [0.25, 0.3) is 0 Å². The zero-order valence-corrected chi connectivity index (χ0v) is 9.23. The molecule has 0 amide bonds. The fraction of sp³-hybridized carbons (Fsp3) is 0.667. The van der Waals surface area contributed by atoms with E-state index in [1.807, 2.05) is 0 Å². The molecule has 5 nitrogen and oxygen atoms in total. The minimum absolute atomic E-state index is 0. The SMILES string of the molecule is CC(O)C(=O)OC(C)C(=O)[O-].[Na+]. The summed E-state index contributed by atoms with van der Waals surface area (Å²) in [6.45, 7) is 2.33. The first-order valence-corrected chi connectivity index (χ1v) is 3.04. The van der Waals surface area contributed by atoms with E-state index in [4.69, 9.17) is 5.11 Å². The molecular formula is C6H9NaO5. The van der Waals surface area contributed by atoms with Crippen LogP contribution in [-0.4, -0.2) is 29.3 Å². The van der Waals surface area contributed by atoms with Crippen LogP contribution in [0.3, 0.4) is 0 Å². The molecule has 2 unspecified atom stereocenters. The summed E-state index contributed by atoms with van der Waals surface area (Å²) in [5.74, 6) is -2.46. The molecule has 0 bridgehead atoms. The van der Waals surface area contributed by atoms with E-state index >= 15 is 0 Å². The molecule has 0 saturated carbocycles. The van der Waals surface area contributed by atoms with Gasteiger partial charge in [-0.2, -0.15) is 0 Å². The van der Waals surface area contributed by atoms with Gasteiger partial charge in [0.15, 0.2) is 0 Å². The van der Waals surface area contributed by atoms with E-state index < -0.39 is 24.1 Å². The van der Waals surface area contributed by atoms with Gasteiger partial charge in [-0.15, -0.1) is 0 Å². The second kappa shape index (κ2) is 6.42. The van der Waals surface area contributed by atoms with Crippen LogP contribution in [0.5, 0.6) is 0 Å². The quantitative estimate of drug-likeness (QED) is 0.351. The van der Waals surface area contributed by atoms with Crippen molar-refractivity contribution in [1.29, 1.82) is 0 Å². The molecular weight excluding hydrogens is 175 g/mol. The molecule has 0 spiro atoms. The Morgan fingerprint density at radius 1 is 1.42 bits per heavy atom. The van der Waals surface area contributed by atoms with Crippen molar-refractivity contribution in [3.05, 3.63) is 0 Å². The molecule has 12 heavy (non-hydrogen) atoms. The van der Waals surface area contributed by atoms with Crippen LogP contribution in [0, 0.1) is 0 Å². The second-order valence-corrected chi connectivity index (χ2v) is 2.07. The molecule has 0 aliphatic rings. The maximum absolute atomic E-state index is 10.5. The van der Waals surface area contributed by atoms with Gasteiger partial charge in [-0.05, 0) is 13.8 Å². The van der Waals surface area contributed by atoms with Gasteiger partial charge in [0.25, 0.3) is 0 Å². The molecule has 64 valence electrons. The summed E-state index contributed by atoms with van der Waals surface area (Å²) in [4.78, 5) is 20.5. The maximum atomic E-state index is 10.5. The van der Waals surface area contributed by atoms with Crippen LogP contribution in [0.15, 0.2) is 0 Å². The minimum Gasteiger partial charge on any atom is -0.546 e. The summed E-state index contributed by atoms with van der Waals surface area (Å²) in [5, 5.41) is 18.6. The van der Waals surface area contributed by atoms with Gasteiger partial charge in [0.1, 0.15) is 12.2 Å². The fourth-order valence-electron chi connectivity index (χ4n) is 0.321. The van der Waals surface area contributed by atoms with E-state index in [9.17, 15) is 14.7 Å². The minimum atomic E-state index is -1.49. The Balaban J connectivity index is 0. The topological polar surface area (TPSA) is 86.7 Å². The first-order valence-electron chi connectivity index (χ1n) is 3.04. The van der Waals surface area contributed by atoms with Gasteiger partial charge in [-0.25, -0.2) is 4.79 Å². The van der Waals surface area contributed by atoms with E-state index in [0.717, 1.165) is 6.92 Å². The zero-order valence-electron chi connectivity index (χ0n) is 7.23. The number of ether oxygens (including phenoxy) is 1. The Hall–Kier alpha value is -0.100. The summed E-state index contributed by atoms with van der Waals surface area (Å²) >= 11 is 0. The number of esters is 1. The Kier molecular flexibility index (Phi) is 7.72. The smallest absolute Gasteiger partial charge is 0.546 e. The third-order valence-electron chi connectivity index (χ3n) is 0.966. The summed E-state index contributed by atoms with van der Waals surface area (Å²) < 4.78 is 4.22. The average molecular weight is 184 g/mol. The monoisotopic (exact) mass is 184 g/mol.